The van der Waals surface area contributed by atoms with Gasteiger partial charge in [0.2, 0.25) is 5.91 Å². The number of nitrogens with one attached hydrogen (secondary N) is 2. The number of hydrogen-bond donors (Lipinski definition) is 2. The normalized spacial score (nSPS) is 16.2. The van der Waals surface area contributed by atoms with Crippen molar-refractivity contribution in [1.82, 2.24) is 15.1 Å². The van der Waals surface area contributed by atoms with E-state index in [0.717, 1.165) is 28.1 Å². The van der Waals surface area contributed by atoms with Gasteiger partial charge in [-0.3, -0.25) is 9.59 Å². The number of aromatic nitrogens is 2. The molecule has 0 saturated carbocycles. The van der Waals surface area contributed by atoms with E-state index in [1.54, 1.807) is 4.68 Å². The third kappa shape index (κ3) is 3.23. The molecule has 2 aromatic carbocycles. The van der Waals surface area contributed by atoms with E-state index in [1.165, 1.54) is 6.08 Å². The summed E-state index contributed by atoms with van der Waals surface area (Å²) in [6.07, 6.45) is 3.21. The summed E-state index contributed by atoms with van der Waals surface area (Å²) in [4.78, 5) is 23.9. The Kier molecular flexibility index (Phi) is 4.48. The molecule has 7 heteroatoms. The maximum Gasteiger partial charge on any atom is 0.251 e. The zero-order chi connectivity index (χ0) is 21.6. The molecule has 1 fully saturated rings. The van der Waals surface area contributed by atoms with Gasteiger partial charge in [0.05, 0.1) is 30.0 Å². The van der Waals surface area contributed by atoms with Crippen LogP contribution < -0.4 is 10.6 Å². The van der Waals surface area contributed by atoms with Crippen LogP contribution >= 0.6 is 0 Å². The molecule has 0 radical (unpaired) electrons. The Morgan fingerprint density at radius 1 is 1.26 bits per heavy atom. The number of carbonyl (C=O) groups excluding carboxylic acids is 2. The van der Waals surface area contributed by atoms with Crippen molar-refractivity contribution in [2.75, 3.05) is 25.1 Å². The van der Waals surface area contributed by atoms with Gasteiger partial charge in [0.15, 0.2) is 0 Å². The molecule has 0 atom stereocenters. The van der Waals surface area contributed by atoms with Crippen molar-refractivity contribution < 1.29 is 14.3 Å². The Balaban J connectivity index is 1.52. The van der Waals surface area contributed by atoms with Gasteiger partial charge in [-0.25, -0.2) is 4.68 Å². The van der Waals surface area contributed by atoms with E-state index in [0.29, 0.717) is 31.0 Å². The zero-order valence-corrected chi connectivity index (χ0v) is 17.1. The number of anilines is 1. The van der Waals surface area contributed by atoms with Gasteiger partial charge in [-0.15, -0.1) is 0 Å². The van der Waals surface area contributed by atoms with Gasteiger partial charge < -0.3 is 15.4 Å². The lowest BCUT2D eigenvalue weighted by molar-refractivity contribution is -0.111. The molecule has 1 aromatic heterocycles. The van der Waals surface area contributed by atoms with Gasteiger partial charge in [0, 0.05) is 29.6 Å². The van der Waals surface area contributed by atoms with Crippen LogP contribution in [0.2, 0.25) is 0 Å². The highest BCUT2D eigenvalue weighted by Gasteiger charge is 2.45. The number of amides is 2. The van der Waals surface area contributed by atoms with Crippen molar-refractivity contribution in [2.45, 2.75) is 12.3 Å². The summed E-state index contributed by atoms with van der Waals surface area (Å²) in [5.74, 6) is -0.300. The van der Waals surface area contributed by atoms with Crippen LogP contribution in [-0.4, -0.2) is 41.4 Å². The van der Waals surface area contributed by atoms with Crippen molar-refractivity contribution in [1.29, 1.82) is 0 Å². The number of aryl methyl sites for hydroxylation is 1. The topological polar surface area (TPSA) is 85.2 Å². The molecule has 156 valence electrons. The summed E-state index contributed by atoms with van der Waals surface area (Å²) >= 11 is 0. The van der Waals surface area contributed by atoms with E-state index in [2.05, 4.69) is 28.4 Å². The van der Waals surface area contributed by atoms with E-state index in [1.807, 2.05) is 49.5 Å². The predicted octanol–water partition coefficient (Wildman–Crippen LogP) is 2.98. The Morgan fingerprint density at radius 2 is 2.10 bits per heavy atom. The lowest BCUT2D eigenvalue weighted by atomic mass is 9.73. The third-order valence-electron chi connectivity index (χ3n) is 5.95. The van der Waals surface area contributed by atoms with Crippen LogP contribution in [0.25, 0.3) is 16.8 Å². The highest BCUT2D eigenvalue weighted by Crippen LogP contribution is 2.39. The molecule has 3 aromatic rings. The first-order valence-electron chi connectivity index (χ1n) is 10.1. The average molecular weight is 414 g/mol. The van der Waals surface area contributed by atoms with Crippen LogP contribution in [0.5, 0.6) is 0 Å². The molecule has 2 aliphatic heterocycles. The molecule has 2 amide bonds. The van der Waals surface area contributed by atoms with Gasteiger partial charge in [-0.05, 0) is 54.5 Å². The summed E-state index contributed by atoms with van der Waals surface area (Å²) in [5.41, 5.74) is 6.00. The van der Waals surface area contributed by atoms with Gasteiger partial charge in [0.1, 0.15) is 0 Å². The second-order valence-corrected chi connectivity index (χ2v) is 8.03. The van der Waals surface area contributed by atoms with Crippen LogP contribution in [0.4, 0.5) is 5.69 Å². The Bertz CT molecular complexity index is 1220. The summed E-state index contributed by atoms with van der Waals surface area (Å²) in [6.45, 7) is 7.27. The second-order valence-electron chi connectivity index (χ2n) is 8.03. The smallest absolute Gasteiger partial charge is 0.251 e. The van der Waals surface area contributed by atoms with E-state index in [4.69, 9.17) is 4.74 Å². The van der Waals surface area contributed by atoms with Gasteiger partial charge in [0.25, 0.3) is 5.91 Å². The van der Waals surface area contributed by atoms with E-state index in [9.17, 15) is 9.59 Å². The molecule has 1 saturated heterocycles. The molecular weight excluding hydrogens is 392 g/mol. The van der Waals surface area contributed by atoms with Crippen LogP contribution in [0.15, 0.2) is 61.3 Å². The van der Waals surface area contributed by atoms with Gasteiger partial charge in [-0.1, -0.05) is 18.7 Å². The molecule has 0 bridgehead atoms. The van der Waals surface area contributed by atoms with E-state index < -0.39 is 0 Å². The number of hydrogen-bond acceptors (Lipinski definition) is 4. The largest absolute Gasteiger partial charge is 0.379 e. The second kappa shape index (κ2) is 7.21. The van der Waals surface area contributed by atoms with Crippen LogP contribution in [0, 0.1) is 6.92 Å². The Hall–Kier alpha value is -3.71. The summed E-state index contributed by atoms with van der Waals surface area (Å²) in [5, 5.41) is 10.4. The first-order valence-corrected chi connectivity index (χ1v) is 10.1. The lowest BCUT2D eigenvalue weighted by Gasteiger charge is -2.45. The minimum Gasteiger partial charge on any atom is -0.379 e. The number of ether oxygens (including phenoxy) is 1. The number of rotatable bonds is 4. The highest BCUT2D eigenvalue weighted by molar-refractivity contribution is 5.99. The quantitative estimate of drug-likeness (QED) is 0.643. The monoisotopic (exact) mass is 414 g/mol. The molecular formula is C24H22N4O3. The fraction of sp³-hybridized carbons (Fsp3) is 0.208. The lowest BCUT2D eigenvalue weighted by Crippen LogP contribution is -2.58. The maximum absolute atomic E-state index is 12.3. The Labute approximate surface area is 179 Å². The summed E-state index contributed by atoms with van der Waals surface area (Å²) in [6, 6.07) is 13.4. The fourth-order valence-electron chi connectivity index (χ4n) is 4.19. The maximum atomic E-state index is 12.3. The van der Waals surface area contributed by atoms with Crippen molar-refractivity contribution >= 4 is 17.5 Å². The number of carbonyl (C=O) groups is 2. The molecule has 2 N–H and O–H groups in total. The van der Waals surface area contributed by atoms with Crippen LogP contribution in [-0.2, 0) is 14.9 Å². The van der Waals surface area contributed by atoms with E-state index >= 15 is 0 Å². The van der Waals surface area contributed by atoms with Gasteiger partial charge >= 0.3 is 0 Å². The van der Waals surface area contributed by atoms with Crippen molar-refractivity contribution in [3.05, 3.63) is 78.1 Å². The first kappa shape index (κ1) is 19.3. The number of fused-ring (bicyclic) bond motifs is 2. The van der Waals surface area contributed by atoms with E-state index in [-0.39, 0.29) is 17.2 Å². The SMILES string of the molecule is C=CC(=O)Nc1cccc(-n2cc(-c3ccc4c(c3)C3(CNC4=O)COC3)c(C)n2)c1. The average Bonchev–Trinajstić information content (AvgIpc) is 3.14. The number of nitrogens with zero attached hydrogens (tertiary/aromatic N) is 2. The molecule has 1 spiro atoms. The molecule has 7 nitrogen and oxygen atoms in total. The molecule has 2 aliphatic rings. The van der Waals surface area contributed by atoms with Crippen molar-refractivity contribution in [3.63, 3.8) is 0 Å². The minimum atomic E-state index is -0.263. The molecule has 3 heterocycles. The number of benzene rings is 2. The van der Waals surface area contributed by atoms with Crippen LogP contribution in [0.3, 0.4) is 0 Å². The molecule has 0 aliphatic carbocycles. The summed E-state index contributed by atoms with van der Waals surface area (Å²) in [7, 11) is 0. The summed E-state index contributed by atoms with van der Waals surface area (Å²) < 4.78 is 7.28. The molecule has 0 unspecified atom stereocenters. The highest BCUT2D eigenvalue weighted by atomic mass is 16.5. The molecule has 31 heavy (non-hydrogen) atoms. The molecule has 5 rings (SSSR count). The third-order valence-corrected chi connectivity index (χ3v) is 5.95. The predicted molar refractivity (Wildman–Crippen MR) is 117 cm³/mol. The fourth-order valence-corrected chi connectivity index (χ4v) is 4.19. The Morgan fingerprint density at radius 3 is 2.84 bits per heavy atom. The van der Waals surface area contributed by atoms with Crippen molar-refractivity contribution in [2.24, 2.45) is 0 Å². The van der Waals surface area contributed by atoms with Crippen LogP contribution in [0.1, 0.15) is 21.6 Å². The van der Waals surface area contributed by atoms with Crippen molar-refractivity contribution in [3.8, 4) is 16.8 Å². The standard InChI is InChI=1S/C24H22N4O3/c1-3-22(29)26-17-5-4-6-18(10-17)28-11-20(15(2)27-28)16-7-8-19-21(9-16)24(13-31-14-24)12-25-23(19)30/h3-11H,1,12-14H2,2H3,(H,25,30)(H,26,29). The minimum absolute atomic E-state index is 0.0371. The van der Waals surface area contributed by atoms with Gasteiger partial charge in [-0.2, -0.15) is 5.10 Å². The first-order chi connectivity index (χ1) is 15.0. The zero-order valence-electron chi connectivity index (χ0n) is 17.1.